The summed E-state index contributed by atoms with van der Waals surface area (Å²) in [6, 6.07) is 6.93. The Morgan fingerprint density at radius 2 is 2.04 bits per heavy atom. The second-order valence-corrected chi connectivity index (χ2v) is 8.66. The second-order valence-electron chi connectivity index (χ2n) is 5.97. The van der Waals surface area contributed by atoms with Crippen LogP contribution >= 0.6 is 11.6 Å². The van der Waals surface area contributed by atoms with Crippen LogP contribution in [-0.2, 0) is 10.0 Å². The van der Waals surface area contributed by atoms with Crippen LogP contribution in [0.3, 0.4) is 0 Å². The number of piperidine rings is 1. The number of nitrogens with one attached hydrogen (secondary N) is 2. The quantitative estimate of drug-likeness (QED) is 0.832. The number of halogens is 1. The van der Waals surface area contributed by atoms with Crippen LogP contribution in [0.4, 0.5) is 4.79 Å². The van der Waals surface area contributed by atoms with Gasteiger partial charge in [0.05, 0.1) is 11.8 Å². The molecular weight excluding hydrogens is 350 g/mol. The maximum absolute atomic E-state index is 12.1. The van der Waals surface area contributed by atoms with Crippen molar-refractivity contribution in [1.82, 2.24) is 14.9 Å². The monoisotopic (exact) mass is 373 g/mol. The average Bonchev–Trinajstić information content (AvgIpc) is 2.55. The minimum atomic E-state index is -3.14. The van der Waals surface area contributed by atoms with E-state index in [9.17, 15) is 13.2 Å². The molecule has 2 N–H and O–H groups in total. The first-order valence-electron chi connectivity index (χ1n) is 8.12. The van der Waals surface area contributed by atoms with Crippen molar-refractivity contribution in [3.05, 3.63) is 34.9 Å². The van der Waals surface area contributed by atoms with Crippen LogP contribution in [0, 0.1) is 0 Å². The molecule has 1 aliphatic rings. The van der Waals surface area contributed by atoms with Crippen LogP contribution in [0.1, 0.15) is 38.3 Å². The highest BCUT2D eigenvalue weighted by Gasteiger charge is 2.27. The van der Waals surface area contributed by atoms with Gasteiger partial charge in [-0.3, -0.25) is 0 Å². The molecule has 2 amide bonds. The van der Waals surface area contributed by atoms with E-state index < -0.39 is 10.0 Å². The molecule has 2 rings (SSSR count). The van der Waals surface area contributed by atoms with Crippen molar-refractivity contribution in [2.75, 3.05) is 18.8 Å². The Hall–Kier alpha value is -1.31. The van der Waals surface area contributed by atoms with E-state index in [1.165, 1.54) is 4.31 Å². The van der Waals surface area contributed by atoms with Gasteiger partial charge in [0.2, 0.25) is 10.0 Å². The van der Waals surface area contributed by atoms with Crippen molar-refractivity contribution in [3.8, 4) is 0 Å². The number of amides is 2. The lowest BCUT2D eigenvalue weighted by atomic mass is 10.1. The highest BCUT2D eigenvalue weighted by atomic mass is 35.5. The minimum Gasteiger partial charge on any atom is -0.335 e. The first-order valence-corrected chi connectivity index (χ1v) is 10.1. The molecular formula is C16H24ClN3O3S. The number of urea groups is 1. The van der Waals surface area contributed by atoms with E-state index in [2.05, 4.69) is 10.6 Å². The molecule has 1 aromatic rings. The zero-order valence-electron chi connectivity index (χ0n) is 14.0. The molecule has 24 heavy (non-hydrogen) atoms. The number of nitrogens with zero attached hydrogens (tertiary/aromatic N) is 1. The third kappa shape index (κ3) is 5.09. The summed E-state index contributed by atoms with van der Waals surface area (Å²) < 4.78 is 25.2. The highest BCUT2D eigenvalue weighted by molar-refractivity contribution is 7.89. The van der Waals surface area contributed by atoms with Crippen molar-refractivity contribution in [1.29, 1.82) is 0 Å². The number of sulfonamides is 1. The zero-order valence-corrected chi connectivity index (χ0v) is 15.5. The summed E-state index contributed by atoms with van der Waals surface area (Å²) in [5, 5.41) is 6.43. The van der Waals surface area contributed by atoms with Crippen LogP contribution in [0.25, 0.3) is 0 Å². The van der Waals surface area contributed by atoms with Gasteiger partial charge < -0.3 is 10.6 Å². The molecule has 1 atom stereocenters. The fourth-order valence-corrected chi connectivity index (χ4v) is 4.07. The lowest BCUT2D eigenvalue weighted by Crippen LogP contribution is -2.49. The number of carbonyl (C=O) groups is 1. The number of rotatable bonds is 5. The van der Waals surface area contributed by atoms with Crippen molar-refractivity contribution in [2.24, 2.45) is 0 Å². The summed E-state index contributed by atoms with van der Waals surface area (Å²) in [6.07, 6.45) is 1.25. The predicted octanol–water partition coefficient (Wildman–Crippen LogP) is 2.51. The fraction of sp³-hybridized carbons (Fsp3) is 0.562. The summed E-state index contributed by atoms with van der Waals surface area (Å²) in [5.41, 5.74) is 0.932. The Morgan fingerprint density at radius 1 is 1.38 bits per heavy atom. The Balaban J connectivity index is 1.81. The molecule has 0 bridgehead atoms. The molecule has 0 radical (unpaired) electrons. The van der Waals surface area contributed by atoms with E-state index in [0.717, 1.165) is 5.56 Å². The minimum absolute atomic E-state index is 0.0140. The largest absolute Gasteiger partial charge is 0.335 e. The van der Waals surface area contributed by atoms with Gasteiger partial charge in [0.25, 0.3) is 0 Å². The molecule has 1 saturated heterocycles. The maximum Gasteiger partial charge on any atom is 0.315 e. The summed E-state index contributed by atoms with van der Waals surface area (Å²) in [5.74, 6) is 0.114. The van der Waals surface area contributed by atoms with Gasteiger partial charge in [0.1, 0.15) is 0 Å². The highest BCUT2D eigenvalue weighted by Crippen LogP contribution is 2.18. The Labute approximate surface area is 148 Å². The molecule has 1 aliphatic heterocycles. The van der Waals surface area contributed by atoms with E-state index >= 15 is 0 Å². The molecule has 0 saturated carbocycles. The first-order chi connectivity index (χ1) is 11.3. The Kier molecular flexibility index (Phi) is 6.48. The van der Waals surface area contributed by atoms with Crippen molar-refractivity contribution < 1.29 is 13.2 Å². The van der Waals surface area contributed by atoms with Gasteiger partial charge in [0.15, 0.2) is 0 Å². The second kappa shape index (κ2) is 8.18. The van der Waals surface area contributed by atoms with Gasteiger partial charge in [-0.15, -0.1) is 0 Å². The van der Waals surface area contributed by atoms with Crippen LogP contribution in [0.5, 0.6) is 0 Å². The van der Waals surface area contributed by atoms with Crippen molar-refractivity contribution >= 4 is 27.7 Å². The topological polar surface area (TPSA) is 78.5 Å². The van der Waals surface area contributed by atoms with Crippen LogP contribution in [0.2, 0.25) is 5.02 Å². The Morgan fingerprint density at radius 3 is 2.62 bits per heavy atom. The standard InChI is InChI=1S/C16H24ClN3O3S/c1-3-24(22,23)20-9-7-15(8-10-20)19-16(21)18-12(2)13-5-4-6-14(17)11-13/h4-6,11-12,15H,3,7-10H2,1-2H3,(H2,18,19,21)/t12-/m1/s1. The van der Waals surface area contributed by atoms with Crippen LogP contribution < -0.4 is 10.6 Å². The number of carbonyl (C=O) groups excluding carboxylic acids is 1. The van der Waals surface area contributed by atoms with Gasteiger partial charge in [-0.1, -0.05) is 23.7 Å². The van der Waals surface area contributed by atoms with Crippen molar-refractivity contribution in [3.63, 3.8) is 0 Å². The van der Waals surface area contributed by atoms with E-state index in [0.29, 0.717) is 31.0 Å². The fourth-order valence-electron chi connectivity index (χ4n) is 2.74. The Bertz CT molecular complexity index is 673. The third-order valence-electron chi connectivity index (χ3n) is 4.24. The molecule has 1 fully saturated rings. The summed E-state index contributed by atoms with van der Waals surface area (Å²) in [7, 11) is -3.14. The smallest absolute Gasteiger partial charge is 0.315 e. The van der Waals surface area contributed by atoms with Gasteiger partial charge in [-0.2, -0.15) is 0 Å². The van der Waals surface area contributed by atoms with Crippen molar-refractivity contribution in [2.45, 2.75) is 38.8 Å². The molecule has 6 nitrogen and oxygen atoms in total. The number of benzene rings is 1. The summed E-state index contributed by atoms with van der Waals surface area (Å²) in [6.45, 7) is 4.43. The van der Waals surface area contributed by atoms with E-state index in [1.807, 2.05) is 25.1 Å². The number of hydrogen-bond donors (Lipinski definition) is 2. The van der Waals surface area contributed by atoms with E-state index in [1.54, 1.807) is 13.0 Å². The van der Waals surface area contributed by atoms with Gasteiger partial charge in [0, 0.05) is 24.2 Å². The third-order valence-corrected chi connectivity index (χ3v) is 6.36. The predicted molar refractivity (Wildman–Crippen MR) is 95.6 cm³/mol. The molecule has 0 unspecified atom stereocenters. The van der Waals surface area contributed by atoms with E-state index in [-0.39, 0.29) is 23.9 Å². The lowest BCUT2D eigenvalue weighted by molar-refractivity contribution is 0.225. The summed E-state index contributed by atoms with van der Waals surface area (Å²) in [4.78, 5) is 12.1. The molecule has 1 aromatic carbocycles. The van der Waals surface area contributed by atoms with E-state index in [4.69, 9.17) is 11.6 Å². The molecule has 8 heteroatoms. The van der Waals surface area contributed by atoms with Crippen LogP contribution in [0.15, 0.2) is 24.3 Å². The van der Waals surface area contributed by atoms with Gasteiger partial charge >= 0.3 is 6.03 Å². The molecule has 134 valence electrons. The number of hydrogen-bond acceptors (Lipinski definition) is 3. The SMILES string of the molecule is CCS(=O)(=O)N1CCC(NC(=O)N[C@H](C)c2cccc(Cl)c2)CC1. The zero-order chi connectivity index (χ0) is 17.7. The molecule has 0 aromatic heterocycles. The van der Waals surface area contributed by atoms with Gasteiger partial charge in [-0.05, 0) is 44.4 Å². The average molecular weight is 374 g/mol. The molecule has 0 aliphatic carbocycles. The van der Waals surface area contributed by atoms with Gasteiger partial charge in [-0.25, -0.2) is 17.5 Å². The first kappa shape index (κ1) is 19.0. The maximum atomic E-state index is 12.1. The lowest BCUT2D eigenvalue weighted by Gasteiger charge is -2.31. The van der Waals surface area contributed by atoms with Crippen LogP contribution in [-0.4, -0.2) is 43.6 Å². The normalized spacial score (nSPS) is 18.1. The molecule has 0 spiro atoms. The molecule has 1 heterocycles. The summed E-state index contributed by atoms with van der Waals surface area (Å²) >= 11 is 5.96.